The normalized spacial score (nSPS) is 20.2. The third kappa shape index (κ3) is 3.94. The first-order valence-electron chi connectivity index (χ1n) is 9.50. The second-order valence-electron chi connectivity index (χ2n) is 7.54. The summed E-state index contributed by atoms with van der Waals surface area (Å²) in [7, 11) is 0. The maximum atomic E-state index is 14.5. The summed E-state index contributed by atoms with van der Waals surface area (Å²) in [5.41, 5.74) is 1.83. The highest BCUT2D eigenvalue weighted by Gasteiger charge is 2.38. The van der Waals surface area contributed by atoms with E-state index >= 15 is 0 Å². The number of piperidine rings is 1. The van der Waals surface area contributed by atoms with Crippen LogP contribution in [0.3, 0.4) is 0 Å². The summed E-state index contributed by atoms with van der Waals surface area (Å²) in [4.78, 5) is 37.5. The number of halogens is 1. The fourth-order valence-corrected chi connectivity index (χ4v) is 5.08. The van der Waals surface area contributed by atoms with E-state index in [0.29, 0.717) is 30.8 Å². The summed E-state index contributed by atoms with van der Waals surface area (Å²) in [6, 6.07) is 9.67. The molecule has 1 amide bonds. The van der Waals surface area contributed by atoms with E-state index in [1.54, 1.807) is 33.7 Å². The lowest BCUT2D eigenvalue weighted by Gasteiger charge is -2.43. The van der Waals surface area contributed by atoms with Crippen LogP contribution in [0.5, 0.6) is 0 Å². The number of fused-ring (bicyclic) bond motifs is 4. The van der Waals surface area contributed by atoms with Crippen molar-refractivity contribution in [3.63, 3.8) is 0 Å². The molecule has 1 saturated heterocycles. The Balaban J connectivity index is 1.65. The summed E-state index contributed by atoms with van der Waals surface area (Å²) in [6.45, 7) is 1.51. The lowest BCUT2D eigenvalue weighted by atomic mass is 9.80. The number of benzene rings is 1. The monoisotopic (exact) mass is 416 g/mol. The van der Waals surface area contributed by atoms with Gasteiger partial charge in [-0.3, -0.25) is 14.4 Å². The Hall–Kier alpha value is -2.61. The van der Waals surface area contributed by atoms with Crippen molar-refractivity contribution in [3.8, 4) is 11.1 Å². The molecule has 2 aliphatic heterocycles. The van der Waals surface area contributed by atoms with Crippen LogP contribution in [-0.4, -0.2) is 51.0 Å². The molecular formula is C21H21FN2O4S. The molecule has 0 spiro atoms. The van der Waals surface area contributed by atoms with Crippen molar-refractivity contribution < 1.29 is 19.1 Å². The van der Waals surface area contributed by atoms with Crippen molar-refractivity contribution in [2.24, 2.45) is 5.92 Å². The zero-order valence-electron chi connectivity index (χ0n) is 15.7. The molecule has 1 N–H and O–H groups in total. The van der Waals surface area contributed by atoms with Crippen molar-refractivity contribution in [1.82, 2.24) is 9.47 Å². The van der Waals surface area contributed by atoms with Crippen molar-refractivity contribution in [1.29, 1.82) is 0 Å². The van der Waals surface area contributed by atoms with E-state index in [-0.39, 0.29) is 40.6 Å². The Morgan fingerprint density at radius 2 is 1.86 bits per heavy atom. The number of likely N-dealkylation sites (tertiary alicyclic amines) is 1. The van der Waals surface area contributed by atoms with E-state index in [9.17, 15) is 18.8 Å². The highest BCUT2D eigenvalue weighted by Crippen LogP contribution is 2.40. The van der Waals surface area contributed by atoms with Crippen molar-refractivity contribution in [2.45, 2.75) is 18.9 Å². The minimum absolute atomic E-state index is 0.0561. The molecule has 0 aliphatic carbocycles. The smallest absolute Gasteiger partial charge is 0.313 e. The van der Waals surface area contributed by atoms with Crippen LogP contribution in [-0.2, 0) is 16.1 Å². The summed E-state index contributed by atoms with van der Waals surface area (Å²) < 4.78 is 16.2. The van der Waals surface area contributed by atoms with Gasteiger partial charge < -0.3 is 14.6 Å². The van der Waals surface area contributed by atoms with Crippen LogP contribution in [0.15, 0.2) is 41.2 Å². The number of aliphatic carboxylic acids is 1. The van der Waals surface area contributed by atoms with Crippen molar-refractivity contribution in [3.05, 3.63) is 58.3 Å². The van der Waals surface area contributed by atoms with Crippen LogP contribution in [0.2, 0.25) is 0 Å². The molecule has 0 saturated carbocycles. The van der Waals surface area contributed by atoms with Gasteiger partial charge in [-0.25, -0.2) is 4.39 Å². The van der Waals surface area contributed by atoms with Gasteiger partial charge in [0.1, 0.15) is 5.82 Å². The number of carbonyl (C=O) groups excluding carboxylic acids is 1. The summed E-state index contributed by atoms with van der Waals surface area (Å²) in [5, 5.41) is 8.76. The molecule has 2 aliphatic rings. The lowest BCUT2D eigenvalue weighted by Crippen LogP contribution is -2.49. The molecule has 1 fully saturated rings. The molecule has 152 valence electrons. The van der Waals surface area contributed by atoms with Crippen molar-refractivity contribution >= 4 is 23.6 Å². The number of amides is 1. The predicted molar refractivity (Wildman–Crippen MR) is 108 cm³/mol. The largest absolute Gasteiger partial charge is 0.481 e. The van der Waals surface area contributed by atoms with Gasteiger partial charge in [0, 0.05) is 48.4 Å². The van der Waals surface area contributed by atoms with E-state index < -0.39 is 5.97 Å². The molecule has 29 heavy (non-hydrogen) atoms. The number of thioether (sulfide) groups is 1. The summed E-state index contributed by atoms with van der Waals surface area (Å²) in [5.74, 6) is -1.27. The molecule has 1 aromatic heterocycles. The van der Waals surface area contributed by atoms with Gasteiger partial charge in [-0.2, -0.15) is 0 Å². The highest BCUT2D eigenvalue weighted by molar-refractivity contribution is 8.00. The third-order valence-corrected chi connectivity index (χ3v) is 6.46. The van der Waals surface area contributed by atoms with Gasteiger partial charge in [-0.15, -0.1) is 11.8 Å². The van der Waals surface area contributed by atoms with Crippen LogP contribution in [0.25, 0.3) is 11.1 Å². The number of aromatic nitrogens is 1. The van der Waals surface area contributed by atoms with Crippen LogP contribution in [0, 0.1) is 11.7 Å². The van der Waals surface area contributed by atoms with Gasteiger partial charge in [0.05, 0.1) is 11.5 Å². The molecule has 2 aromatic rings. The molecule has 3 heterocycles. The molecular weight excluding hydrogens is 395 g/mol. The molecule has 2 atom stereocenters. The average Bonchev–Trinajstić information content (AvgIpc) is 2.69. The highest BCUT2D eigenvalue weighted by atomic mass is 32.2. The standard InChI is InChI=1S/C21H21FN2O4S/c22-17-4-2-1-3-15(17)16-5-6-18(25)24-9-13-7-14(21(16)24)10-23(8-13)19(26)11-29-12-20(27)28/h1-6,13-14H,7-12H2,(H,27,28)/t13-,14-/m0/s1. The number of carboxylic acids is 1. The van der Waals surface area contributed by atoms with Crippen LogP contribution in [0.4, 0.5) is 4.39 Å². The Bertz CT molecular complexity index is 1020. The molecule has 8 heteroatoms. The third-order valence-electron chi connectivity index (χ3n) is 5.56. The topological polar surface area (TPSA) is 79.6 Å². The molecule has 0 radical (unpaired) electrons. The zero-order chi connectivity index (χ0) is 20.5. The molecule has 4 rings (SSSR count). The fourth-order valence-electron chi connectivity index (χ4n) is 4.44. The second kappa shape index (κ2) is 8.02. The van der Waals surface area contributed by atoms with Gasteiger partial charge in [0.2, 0.25) is 5.91 Å². The Labute approximate surface area is 171 Å². The van der Waals surface area contributed by atoms with Gasteiger partial charge >= 0.3 is 5.97 Å². The van der Waals surface area contributed by atoms with Gasteiger partial charge in [0.25, 0.3) is 5.56 Å². The van der Waals surface area contributed by atoms with Crippen LogP contribution < -0.4 is 5.56 Å². The maximum Gasteiger partial charge on any atom is 0.313 e. The van der Waals surface area contributed by atoms with E-state index in [1.807, 2.05) is 0 Å². The van der Waals surface area contributed by atoms with Crippen LogP contribution in [0.1, 0.15) is 18.0 Å². The maximum absolute atomic E-state index is 14.5. The lowest BCUT2D eigenvalue weighted by molar-refractivity contribution is -0.133. The summed E-state index contributed by atoms with van der Waals surface area (Å²) >= 11 is 1.09. The predicted octanol–water partition coefficient (Wildman–Crippen LogP) is 2.42. The Morgan fingerprint density at radius 3 is 2.62 bits per heavy atom. The van der Waals surface area contributed by atoms with Gasteiger partial charge in [-0.1, -0.05) is 18.2 Å². The molecule has 0 unspecified atom stereocenters. The number of carboxylic acid groups (broad SMARTS) is 1. The molecule has 1 aromatic carbocycles. The summed E-state index contributed by atoms with van der Waals surface area (Å²) in [6.07, 6.45) is 0.844. The first-order chi connectivity index (χ1) is 13.9. The fraction of sp³-hybridized carbons (Fsp3) is 0.381. The quantitative estimate of drug-likeness (QED) is 0.810. The average molecular weight is 416 g/mol. The zero-order valence-corrected chi connectivity index (χ0v) is 16.5. The van der Waals surface area contributed by atoms with Gasteiger partial charge in [0.15, 0.2) is 0 Å². The first-order valence-corrected chi connectivity index (χ1v) is 10.7. The molecule has 2 bridgehead atoms. The van der Waals surface area contributed by atoms with E-state index in [4.69, 9.17) is 5.11 Å². The number of rotatable bonds is 5. The SMILES string of the molecule is O=C(O)CSCC(=O)N1C[C@@H]2C[C@@H](C1)c1c(-c3ccccc3F)ccc(=O)n1C2. The number of nitrogens with zero attached hydrogens (tertiary/aromatic N) is 2. The van der Waals surface area contributed by atoms with Crippen LogP contribution >= 0.6 is 11.8 Å². The van der Waals surface area contributed by atoms with E-state index in [1.165, 1.54) is 12.1 Å². The number of carbonyl (C=O) groups is 2. The first kappa shape index (κ1) is 19.7. The van der Waals surface area contributed by atoms with E-state index in [0.717, 1.165) is 23.9 Å². The number of pyridine rings is 1. The minimum atomic E-state index is -0.943. The Kier molecular flexibility index (Phi) is 5.45. The molecule has 6 nitrogen and oxygen atoms in total. The van der Waals surface area contributed by atoms with Gasteiger partial charge in [-0.05, 0) is 24.5 Å². The second-order valence-corrected chi connectivity index (χ2v) is 8.53. The number of hydrogen-bond donors (Lipinski definition) is 1. The van der Waals surface area contributed by atoms with Crippen molar-refractivity contribution in [2.75, 3.05) is 24.6 Å². The minimum Gasteiger partial charge on any atom is -0.481 e. The van der Waals surface area contributed by atoms with E-state index in [2.05, 4.69) is 0 Å². The number of hydrogen-bond acceptors (Lipinski definition) is 4. The Morgan fingerprint density at radius 1 is 1.07 bits per heavy atom.